The van der Waals surface area contributed by atoms with Crippen molar-refractivity contribution < 1.29 is 22.7 Å². The smallest absolute Gasteiger partial charge is 0.242 e. The Kier molecular flexibility index (Phi) is 7.37. The first kappa shape index (κ1) is 23.6. The highest BCUT2D eigenvalue weighted by molar-refractivity contribution is 7.89. The zero-order valence-electron chi connectivity index (χ0n) is 18.7. The van der Waals surface area contributed by atoms with Crippen molar-refractivity contribution in [1.29, 1.82) is 0 Å². The van der Waals surface area contributed by atoms with E-state index in [-0.39, 0.29) is 17.2 Å². The summed E-state index contributed by atoms with van der Waals surface area (Å²) < 4.78 is 38.4. The van der Waals surface area contributed by atoms with Crippen LogP contribution in [0, 0.1) is 0 Å². The van der Waals surface area contributed by atoms with E-state index in [0.717, 1.165) is 11.3 Å². The van der Waals surface area contributed by atoms with Gasteiger partial charge in [-0.1, -0.05) is 0 Å². The van der Waals surface area contributed by atoms with E-state index in [9.17, 15) is 13.2 Å². The second-order valence-electron chi connectivity index (χ2n) is 7.40. The van der Waals surface area contributed by atoms with Crippen LogP contribution in [0.2, 0.25) is 0 Å². The van der Waals surface area contributed by atoms with E-state index in [1.165, 1.54) is 18.4 Å². The van der Waals surface area contributed by atoms with Gasteiger partial charge in [0.2, 0.25) is 15.9 Å². The minimum absolute atomic E-state index is 0.105. The van der Waals surface area contributed by atoms with Gasteiger partial charge in [0, 0.05) is 34.0 Å². The summed E-state index contributed by atoms with van der Waals surface area (Å²) in [6.07, 6.45) is 0.703. The minimum Gasteiger partial charge on any atom is -0.497 e. The molecule has 1 heterocycles. The molecule has 0 aliphatic carbocycles. The molecule has 0 saturated carbocycles. The summed E-state index contributed by atoms with van der Waals surface area (Å²) in [4.78, 5) is 16.9. The van der Waals surface area contributed by atoms with Crippen LogP contribution in [-0.4, -0.2) is 62.5 Å². The van der Waals surface area contributed by atoms with Crippen molar-refractivity contribution in [3.63, 3.8) is 0 Å². The number of nitrogens with one attached hydrogen (secondary N) is 1. The molecule has 3 aromatic rings. The first-order valence-corrected chi connectivity index (χ1v) is 11.6. The maximum atomic E-state index is 12.3. The van der Waals surface area contributed by atoms with Gasteiger partial charge in [-0.05, 0) is 42.5 Å². The number of aromatic nitrogens is 2. The van der Waals surface area contributed by atoms with Crippen molar-refractivity contribution in [1.82, 2.24) is 19.2 Å². The SMILES string of the molecule is COc1ccc(OCCNC(=O)CCc2nc3cc(S(=O)(=O)N(C)C)ccc3n2C)cc1. The third-order valence-electron chi connectivity index (χ3n) is 5.05. The first-order valence-electron chi connectivity index (χ1n) is 10.1. The van der Waals surface area contributed by atoms with Crippen molar-refractivity contribution in [2.75, 3.05) is 34.4 Å². The van der Waals surface area contributed by atoms with Gasteiger partial charge in [0.1, 0.15) is 23.9 Å². The standard InChI is InChI=1S/C22H28N4O5S/c1-25(2)32(28,29)18-9-10-20-19(15-18)24-21(26(20)3)11-12-22(27)23-13-14-31-17-7-5-16(30-4)6-8-17/h5-10,15H,11-14H2,1-4H3,(H,23,27). The zero-order chi connectivity index (χ0) is 23.3. The molecule has 0 radical (unpaired) electrons. The van der Waals surface area contributed by atoms with E-state index < -0.39 is 10.0 Å². The Balaban J connectivity index is 1.52. The number of carbonyl (C=O) groups excluding carboxylic acids is 1. The number of benzene rings is 2. The molecule has 9 nitrogen and oxygen atoms in total. The zero-order valence-corrected chi connectivity index (χ0v) is 19.5. The summed E-state index contributed by atoms with van der Waals surface area (Å²) in [5.74, 6) is 2.06. The van der Waals surface area contributed by atoms with Crippen molar-refractivity contribution in [3.8, 4) is 11.5 Å². The number of sulfonamides is 1. The van der Waals surface area contributed by atoms with Crippen LogP contribution in [0.15, 0.2) is 47.4 Å². The van der Waals surface area contributed by atoms with Crippen LogP contribution in [0.1, 0.15) is 12.2 Å². The number of hydrogen-bond acceptors (Lipinski definition) is 6. The summed E-state index contributed by atoms with van der Waals surface area (Å²) in [5, 5.41) is 2.83. The monoisotopic (exact) mass is 460 g/mol. The Morgan fingerprint density at radius 3 is 2.47 bits per heavy atom. The van der Waals surface area contributed by atoms with Crippen LogP contribution in [0.4, 0.5) is 0 Å². The van der Waals surface area contributed by atoms with Crippen molar-refractivity contribution in [3.05, 3.63) is 48.3 Å². The number of hydrogen-bond donors (Lipinski definition) is 1. The number of nitrogens with zero attached hydrogens (tertiary/aromatic N) is 3. The lowest BCUT2D eigenvalue weighted by molar-refractivity contribution is -0.121. The lowest BCUT2D eigenvalue weighted by atomic mass is 10.3. The van der Waals surface area contributed by atoms with E-state index in [4.69, 9.17) is 9.47 Å². The lowest BCUT2D eigenvalue weighted by Crippen LogP contribution is -2.28. The molecule has 0 bridgehead atoms. The van der Waals surface area contributed by atoms with Crippen LogP contribution in [0.5, 0.6) is 11.5 Å². The molecule has 2 aromatic carbocycles. The Labute approximate surface area is 188 Å². The number of carbonyl (C=O) groups is 1. The van der Waals surface area contributed by atoms with Crippen molar-refractivity contribution in [2.45, 2.75) is 17.7 Å². The van der Waals surface area contributed by atoms with Crippen LogP contribution in [-0.2, 0) is 28.3 Å². The average Bonchev–Trinajstić information content (AvgIpc) is 3.10. The molecule has 0 spiro atoms. The molecule has 172 valence electrons. The molecule has 0 fully saturated rings. The Morgan fingerprint density at radius 1 is 1.12 bits per heavy atom. The van der Waals surface area contributed by atoms with Gasteiger partial charge in [0.15, 0.2) is 0 Å². The predicted octanol–water partition coefficient (Wildman–Crippen LogP) is 1.96. The molecule has 0 saturated heterocycles. The van der Waals surface area contributed by atoms with Gasteiger partial charge in [0.25, 0.3) is 0 Å². The topological polar surface area (TPSA) is 103 Å². The number of ether oxygens (including phenoxy) is 2. The first-order chi connectivity index (χ1) is 15.2. The van der Waals surface area contributed by atoms with Gasteiger partial charge in [-0.25, -0.2) is 17.7 Å². The largest absolute Gasteiger partial charge is 0.497 e. The van der Waals surface area contributed by atoms with E-state index in [1.807, 2.05) is 35.9 Å². The van der Waals surface area contributed by atoms with Gasteiger partial charge in [-0.15, -0.1) is 0 Å². The fourth-order valence-corrected chi connectivity index (χ4v) is 4.09. The third-order valence-corrected chi connectivity index (χ3v) is 6.86. The molecule has 3 rings (SSSR count). The highest BCUT2D eigenvalue weighted by atomic mass is 32.2. The molecule has 1 aromatic heterocycles. The van der Waals surface area contributed by atoms with Crippen molar-refractivity contribution in [2.24, 2.45) is 7.05 Å². The quantitative estimate of drug-likeness (QED) is 0.464. The number of rotatable bonds is 10. The van der Waals surface area contributed by atoms with E-state index in [2.05, 4.69) is 10.3 Å². The summed E-state index contributed by atoms with van der Waals surface area (Å²) in [7, 11) is 2.90. The molecule has 32 heavy (non-hydrogen) atoms. The Hall–Kier alpha value is -3.11. The molecule has 0 unspecified atom stereocenters. The minimum atomic E-state index is -3.53. The van der Waals surface area contributed by atoms with E-state index in [1.54, 1.807) is 25.3 Å². The van der Waals surface area contributed by atoms with Gasteiger partial charge >= 0.3 is 0 Å². The fourth-order valence-electron chi connectivity index (χ4n) is 3.17. The van der Waals surface area contributed by atoms with Gasteiger partial charge in [-0.2, -0.15) is 0 Å². The predicted molar refractivity (Wildman–Crippen MR) is 121 cm³/mol. The van der Waals surface area contributed by atoms with Gasteiger partial charge < -0.3 is 19.4 Å². The molecular weight excluding hydrogens is 432 g/mol. The van der Waals surface area contributed by atoms with Crippen molar-refractivity contribution >= 4 is 27.0 Å². The van der Waals surface area contributed by atoms with E-state index >= 15 is 0 Å². The average molecular weight is 461 g/mol. The Bertz CT molecular complexity index is 1190. The summed E-state index contributed by atoms with van der Waals surface area (Å²) in [6.45, 7) is 0.743. The maximum absolute atomic E-state index is 12.3. The molecule has 0 aliphatic rings. The maximum Gasteiger partial charge on any atom is 0.242 e. The highest BCUT2D eigenvalue weighted by Crippen LogP contribution is 2.22. The second kappa shape index (κ2) is 10.0. The molecule has 0 aliphatic heterocycles. The summed E-state index contributed by atoms with van der Waals surface area (Å²) in [5.41, 5.74) is 1.39. The van der Waals surface area contributed by atoms with Gasteiger partial charge in [0.05, 0.1) is 29.6 Å². The number of imidazole rings is 1. The molecular formula is C22H28N4O5S. The number of methoxy groups -OCH3 is 1. The van der Waals surface area contributed by atoms with E-state index in [0.29, 0.717) is 36.7 Å². The fraction of sp³-hybridized carbons (Fsp3) is 0.364. The normalized spacial score (nSPS) is 11.7. The molecule has 1 amide bonds. The number of amides is 1. The number of aryl methyl sites for hydroxylation is 2. The molecule has 0 atom stereocenters. The van der Waals surface area contributed by atoms with Crippen LogP contribution in [0.3, 0.4) is 0 Å². The van der Waals surface area contributed by atoms with Crippen LogP contribution in [0.25, 0.3) is 11.0 Å². The Morgan fingerprint density at radius 2 is 1.81 bits per heavy atom. The van der Waals surface area contributed by atoms with Crippen LogP contribution < -0.4 is 14.8 Å². The second-order valence-corrected chi connectivity index (χ2v) is 9.55. The highest BCUT2D eigenvalue weighted by Gasteiger charge is 2.19. The van der Waals surface area contributed by atoms with Gasteiger partial charge in [-0.3, -0.25) is 4.79 Å². The third kappa shape index (κ3) is 5.38. The van der Waals surface area contributed by atoms with Crippen LogP contribution >= 0.6 is 0 Å². The number of fused-ring (bicyclic) bond motifs is 1. The molecule has 10 heteroatoms. The lowest BCUT2D eigenvalue weighted by Gasteiger charge is -2.10. The molecule has 1 N–H and O–H groups in total. The summed E-state index contributed by atoms with van der Waals surface area (Å²) in [6, 6.07) is 12.1. The summed E-state index contributed by atoms with van der Waals surface area (Å²) >= 11 is 0.